The lowest BCUT2D eigenvalue weighted by Gasteiger charge is -2.19. The third-order valence-corrected chi connectivity index (χ3v) is 7.29. The zero-order valence-electron chi connectivity index (χ0n) is 26.8. The number of pyridine rings is 1. The van der Waals surface area contributed by atoms with Gasteiger partial charge in [-0.3, -0.25) is 29.1 Å². The van der Waals surface area contributed by atoms with E-state index >= 15 is 0 Å². The summed E-state index contributed by atoms with van der Waals surface area (Å²) in [4.78, 5) is 57.4. The van der Waals surface area contributed by atoms with Gasteiger partial charge in [0, 0.05) is 50.5 Å². The number of aromatic nitrogens is 2. The highest BCUT2D eigenvalue weighted by Gasteiger charge is 2.17. The first-order valence-corrected chi connectivity index (χ1v) is 15.1. The third-order valence-electron chi connectivity index (χ3n) is 7.29. The summed E-state index contributed by atoms with van der Waals surface area (Å²) in [5, 5.41) is 2.80. The Morgan fingerprint density at radius 3 is 2.27 bits per heavy atom. The fraction of sp³-hybridized carbons (Fsp3) is 0.286. The molecule has 4 rings (SSSR count). The second-order valence-electron chi connectivity index (χ2n) is 11.0. The number of aromatic amines is 1. The summed E-state index contributed by atoms with van der Waals surface area (Å²) in [5.74, 6) is -2.17. The Labute approximate surface area is 276 Å². The van der Waals surface area contributed by atoms with Crippen LogP contribution < -0.4 is 10.1 Å². The second kappa shape index (κ2) is 16.9. The average molecular weight is 663 g/mol. The van der Waals surface area contributed by atoms with Gasteiger partial charge in [0.25, 0.3) is 5.91 Å². The Kier molecular flexibility index (Phi) is 12.5. The van der Waals surface area contributed by atoms with Crippen molar-refractivity contribution in [3.8, 4) is 22.9 Å². The molecule has 0 saturated heterocycles. The molecule has 0 unspecified atom stereocenters. The molecule has 2 aromatic carbocycles. The number of nitrogens with zero attached hydrogens (tertiary/aromatic N) is 2. The lowest BCUT2D eigenvalue weighted by Crippen LogP contribution is -2.37. The number of carbonyl (C=O) groups excluding carboxylic acids is 4. The van der Waals surface area contributed by atoms with Crippen LogP contribution in [0.1, 0.15) is 33.5 Å². The van der Waals surface area contributed by atoms with Gasteiger partial charge in [-0.25, -0.2) is 8.78 Å². The van der Waals surface area contributed by atoms with Crippen molar-refractivity contribution in [1.82, 2.24) is 20.2 Å². The van der Waals surface area contributed by atoms with Crippen molar-refractivity contribution in [3.05, 3.63) is 101 Å². The lowest BCUT2D eigenvalue weighted by atomic mass is 10.0. The van der Waals surface area contributed by atoms with Crippen LogP contribution in [-0.2, 0) is 36.7 Å². The number of carbonyl (C=O) groups is 4. The van der Waals surface area contributed by atoms with Crippen LogP contribution in [0.15, 0.2) is 67.0 Å². The number of hydrogen-bond acceptors (Lipinski definition) is 9. The van der Waals surface area contributed by atoms with Gasteiger partial charge in [-0.2, -0.15) is 0 Å². The van der Waals surface area contributed by atoms with Crippen LogP contribution in [0.3, 0.4) is 0 Å². The number of amides is 1. The van der Waals surface area contributed by atoms with Gasteiger partial charge in [0.15, 0.2) is 0 Å². The van der Waals surface area contributed by atoms with Crippen molar-refractivity contribution < 1.29 is 42.2 Å². The smallest absolute Gasteiger partial charge is 0.319 e. The van der Waals surface area contributed by atoms with Gasteiger partial charge in [0.2, 0.25) is 0 Å². The topological polar surface area (TPSA) is 140 Å². The van der Waals surface area contributed by atoms with Crippen LogP contribution in [0.5, 0.6) is 11.5 Å². The summed E-state index contributed by atoms with van der Waals surface area (Å²) >= 11 is 0. The van der Waals surface area contributed by atoms with E-state index < -0.39 is 23.6 Å². The van der Waals surface area contributed by atoms with Crippen LogP contribution >= 0.6 is 0 Å². The lowest BCUT2D eigenvalue weighted by molar-refractivity contribution is -0.145. The Bertz CT molecular complexity index is 1760. The molecular weight excluding hydrogens is 626 g/mol. The maximum absolute atomic E-state index is 14.9. The molecule has 4 aromatic rings. The number of H-pyrrole nitrogens is 1. The quantitative estimate of drug-likeness (QED) is 0.130. The van der Waals surface area contributed by atoms with Gasteiger partial charge >= 0.3 is 11.9 Å². The molecule has 2 heterocycles. The molecule has 13 heteroatoms. The molecule has 0 aliphatic carbocycles. The zero-order valence-corrected chi connectivity index (χ0v) is 26.8. The highest BCUT2D eigenvalue weighted by molar-refractivity contribution is 5.95. The van der Waals surface area contributed by atoms with Crippen LogP contribution in [0.2, 0.25) is 0 Å². The Morgan fingerprint density at radius 2 is 1.56 bits per heavy atom. The zero-order chi connectivity index (χ0) is 34.6. The Hall–Kier alpha value is -5.43. The normalized spacial score (nSPS) is 10.9. The Morgan fingerprint density at radius 1 is 0.854 bits per heavy atom. The minimum Gasteiger partial charge on any atom is -0.468 e. The van der Waals surface area contributed by atoms with Gasteiger partial charge in [-0.15, -0.1) is 0 Å². The number of rotatable bonds is 16. The van der Waals surface area contributed by atoms with Crippen molar-refractivity contribution in [3.63, 3.8) is 0 Å². The second-order valence-corrected chi connectivity index (χ2v) is 11.0. The van der Waals surface area contributed by atoms with Crippen LogP contribution in [-0.4, -0.2) is 78.9 Å². The molecule has 0 aliphatic rings. The number of ketones is 1. The molecule has 252 valence electrons. The molecule has 48 heavy (non-hydrogen) atoms. The number of nitrogens with one attached hydrogen (secondary N) is 2. The number of benzene rings is 2. The number of ether oxygens (including phenoxy) is 3. The molecule has 0 bridgehead atoms. The van der Waals surface area contributed by atoms with E-state index in [-0.39, 0.29) is 61.0 Å². The summed E-state index contributed by atoms with van der Waals surface area (Å²) in [6.07, 6.45) is 3.17. The molecule has 0 aliphatic heterocycles. The largest absolute Gasteiger partial charge is 0.468 e. The fourth-order valence-corrected chi connectivity index (χ4v) is 4.81. The molecule has 0 saturated carbocycles. The first-order valence-electron chi connectivity index (χ1n) is 15.1. The van der Waals surface area contributed by atoms with Gasteiger partial charge in [0.05, 0.1) is 44.3 Å². The molecule has 11 nitrogen and oxygen atoms in total. The first kappa shape index (κ1) is 35.4. The van der Waals surface area contributed by atoms with Crippen molar-refractivity contribution in [2.45, 2.75) is 26.2 Å². The fourth-order valence-electron chi connectivity index (χ4n) is 4.81. The highest BCUT2D eigenvalue weighted by atomic mass is 19.1. The molecule has 2 N–H and O–H groups in total. The van der Waals surface area contributed by atoms with E-state index in [9.17, 15) is 28.0 Å². The summed E-state index contributed by atoms with van der Waals surface area (Å²) in [7, 11) is 2.52. The SMILES string of the molecule is COC(=O)CN(CCCNC(=O)c1c[nH]c(-c2cc(Oc3ccc(CC(=O)Cc4cc(C)ccc4F)c(F)c3)ccn2)c1)CC(=O)OC. The summed E-state index contributed by atoms with van der Waals surface area (Å²) < 4.78 is 44.1. The van der Waals surface area contributed by atoms with Crippen LogP contribution in [0, 0.1) is 18.6 Å². The Balaban J connectivity index is 1.31. The van der Waals surface area contributed by atoms with E-state index in [1.54, 1.807) is 48.2 Å². The standard InChI is InChI=1S/C35H36F2N4O7/c1-22-5-8-29(36)24(13-22)15-26(42)14-23-6-7-27(17-30(23)37)48-28-9-11-38-32(18-28)31-16-25(19-40-31)35(45)39-10-4-12-41(20-33(43)46-2)21-34(44)47-3/h5-9,11,13,16-19,40H,4,10,12,14-15,20-21H2,1-3H3,(H,39,45). The molecular formula is C35H36F2N4O7. The number of Topliss-reactive ketones (excluding diaryl/α,β-unsaturated/α-hetero) is 1. The van der Waals surface area contributed by atoms with E-state index in [2.05, 4.69) is 24.8 Å². The molecule has 0 atom stereocenters. The monoisotopic (exact) mass is 662 g/mol. The van der Waals surface area contributed by atoms with E-state index in [4.69, 9.17) is 4.74 Å². The minimum atomic E-state index is -0.625. The maximum atomic E-state index is 14.9. The average Bonchev–Trinajstić information content (AvgIpc) is 3.57. The van der Waals surface area contributed by atoms with Crippen molar-refractivity contribution in [2.75, 3.05) is 40.4 Å². The molecule has 0 radical (unpaired) electrons. The van der Waals surface area contributed by atoms with Crippen LogP contribution in [0.25, 0.3) is 11.4 Å². The van der Waals surface area contributed by atoms with E-state index in [1.165, 1.54) is 44.8 Å². The van der Waals surface area contributed by atoms with Gasteiger partial charge < -0.3 is 24.5 Å². The van der Waals surface area contributed by atoms with E-state index in [0.717, 1.165) is 5.56 Å². The van der Waals surface area contributed by atoms with E-state index in [1.807, 2.05) is 0 Å². The van der Waals surface area contributed by atoms with E-state index in [0.29, 0.717) is 35.7 Å². The number of aryl methyl sites for hydroxylation is 1. The number of halogens is 2. The molecule has 2 aromatic heterocycles. The maximum Gasteiger partial charge on any atom is 0.319 e. The predicted octanol–water partition coefficient (Wildman–Crippen LogP) is 4.58. The number of hydrogen-bond donors (Lipinski definition) is 2. The van der Waals surface area contributed by atoms with Crippen molar-refractivity contribution in [2.24, 2.45) is 0 Å². The minimum absolute atomic E-state index is 0.0873. The van der Waals surface area contributed by atoms with Crippen LogP contribution in [0.4, 0.5) is 8.78 Å². The summed E-state index contributed by atoms with van der Waals surface area (Å²) in [6.45, 7) is 2.26. The van der Waals surface area contributed by atoms with Gasteiger partial charge in [0.1, 0.15) is 28.9 Å². The van der Waals surface area contributed by atoms with Gasteiger partial charge in [-0.1, -0.05) is 23.8 Å². The predicted molar refractivity (Wildman–Crippen MR) is 171 cm³/mol. The van der Waals surface area contributed by atoms with Gasteiger partial charge in [-0.05, 0) is 48.7 Å². The summed E-state index contributed by atoms with van der Waals surface area (Å²) in [5.41, 5.74) is 2.65. The molecule has 0 fully saturated rings. The molecule has 0 spiro atoms. The van der Waals surface area contributed by atoms with Crippen molar-refractivity contribution >= 4 is 23.6 Å². The number of esters is 2. The van der Waals surface area contributed by atoms with Crippen molar-refractivity contribution in [1.29, 1.82) is 0 Å². The number of methoxy groups -OCH3 is 2. The first-order chi connectivity index (χ1) is 23.0. The summed E-state index contributed by atoms with van der Waals surface area (Å²) in [6, 6.07) is 13.6. The third kappa shape index (κ3) is 10.3. The molecule has 1 amide bonds. The highest BCUT2D eigenvalue weighted by Crippen LogP contribution is 2.27.